The maximum atomic E-state index is 11.2. The zero-order chi connectivity index (χ0) is 26.3. The summed E-state index contributed by atoms with van der Waals surface area (Å²) in [6.45, 7) is 3.01. The van der Waals surface area contributed by atoms with Gasteiger partial charge in [-0.3, -0.25) is 9.20 Å². The molecule has 1 aliphatic carbocycles. The number of amides is 1. The minimum atomic E-state index is -2.67. The molecular formula is C24H32N6O4S2. The predicted octanol–water partition coefficient (Wildman–Crippen LogP) is 1.91. The number of thiophene rings is 1. The Labute approximate surface area is 214 Å². The summed E-state index contributed by atoms with van der Waals surface area (Å²) in [5, 5.41) is 14.7. The molecule has 1 atom stereocenters. The first-order chi connectivity index (χ1) is 17.1. The number of hydrogen-bond donors (Lipinski definition) is 4. The molecule has 0 spiro atoms. The lowest BCUT2D eigenvalue weighted by atomic mass is 10.0. The minimum Gasteiger partial charge on any atom is -0.387 e. The molecule has 194 valence electrons. The first kappa shape index (κ1) is 27.5. The van der Waals surface area contributed by atoms with E-state index in [9.17, 15) is 13.2 Å². The van der Waals surface area contributed by atoms with Crippen LogP contribution in [0.4, 0.5) is 5.82 Å². The second-order valence-corrected chi connectivity index (χ2v) is 11.8. The van der Waals surface area contributed by atoms with Crippen molar-refractivity contribution in [1.29, 1.82) is 0 Å². The van der Waals surface area contributed by atoms with Crippen LogP contribution in [0.1, 0.15) is 17.0 Å². The maximum Gasteiger partial charge on any atom is 0.245 e. The predicted molar refractivity (Wildman–Crippen MR) is 146 cm³/mol. The molecule has 1 aliphatic rings. The fraction of sp³-hybridized carbons (Fsp3) is 0.375. The van der Waals surface area contributed by atoms with Gasteiger partial charge in [-0.25, -0.2) is 18.4 Å². The molecule has 3 aromatic heterocycles. The molecule has 0 aliphatic heterocycles. The van der Waals surface area contributed by atoms with Gasteiger partial charge in [-0.05, 0) is 37.4 Å². The third-order valence-electron chi connectivity index (χ3n) is 5.09. The van der Waals surface area contributed by atoms with E-state index >= 15 is 0 Å². The van der Waals surface area contributed by atoms with Gasteiger partial charge in [-0.15, -0.1) is 11.3 Å². The molecule has 3 heterocycles. The number of sulfone groups is 1. The molecule has 0 saturated heterocycles. The van der Waals surface area contributed by atoms with Crippen LogP contribution in [0.15, 0.2) is 42.6 Å². The van der Waals surface area contributed by atoms with E-state index in [1.165, 1.54) is 5.57 Å². The normalized spacial score (nSPS) is 15.4. The number of nitrogens with zero attached hydrogens (tertiary/aromatic N) is 3. The van der Waals surface area contributed by atoms with E-state index in [-0.39, 0.29) is 0 Å². The topological polar surface area (TPSA) is 152 Å². The molecule has 0 bridgehead atoms. The van der Waals surface area contributed by atoms with Crippen molar-refractivity contribution in [2.75, 3.05) is 44.1 Å². The summed E-state index contributed by atoms with van der Waals surface area (Å²) in [5.41, 5.74) is 9.60. The molecule has 12 heteroatoms. The summed E-state index contributed by atoms with van der Waals surface area (Å²) in [6, 6.07) is 2.11. The molecule has 10 nitrogen and oxygen atoms in total. The molecule has 0 aromatic carbocycles. The SMILES string of the molecule is CS(C)(=O)=O.Cc1cnc2c(NCCNC(=O)CO)nc3cc(C4=CC(CCN)C=CC=C4)sc3n12. The fourth-order valence-corrected chi connectivity index (χ4v) is 4.75. The van der Waals surface area contributed by atoms with Crippen molar-refractivity contribution < 1.29 is 18.3 Å². The van der Waals surface area contributed by atoms with Crippen LogP contribution >= 0.6 is 11.3 Å². The Kier molecular flexibility index (Phi) is 9.37. The molecule has 36 heavy (non-hydrogen) atoms. The van der Waals surface area contributed by atoms with Gasteiger partial charge in [0.15, 0.2) is 11.5 Å². The number of fused-ring (bicyclic) bond motifs is 3. The van der Waals surface area contributed by atoms with Gasteiger partial charge in [0.1, 0.15) is 26.8 Å². The van der Waals surface area contributed by atoms with Crippen LogP contribution in [0.5, 0.6) is 0 Å². The molecule has 1 unspecified atom stereocenters. The average molecular weight is 533 g/mol. The number of hydrogen-bond acceptors (Lipinski definition) is 9. The third-order valence-corrected chi connectivity index (χ3v) is 6.24. The number of carbonyl (C=O) groups excluding carboxylic acids is 1. The van der Waals surface area contributed by atoms with Crippen LogP contribution in [0.3, 0.4) is 0 Å². The summed E-state index contributed by atoms with van der Waals surface area (Å²) < 4.78 is 21.4. The van der Waals surface area contributed by atoms with Crippen LogP contribution in [0.25, 0.3) is 21.6 Å². The number of aliphatic hydroxyl groups excluding tert-OH is 1. The van der Waals surface area contributed by atoms with Crippen molar-refractivity contribution in [3.63, 3.8) is 0 Å². The number of imidazole rings is 1. The molecule has 3 aromatic rings. The summed E-state index contributed by atoms with van der Waals surface area (Å²) in [4.78, 5) is 22.8. The third kappa shape index (κ3) is 7.47. The number of anilines is 1. The zero-order valence-corrected chi connectivity index (χ0v) is 22.2. The van der Waals surface area contributed by atoms with Crippen LogP contribution < -0.4 is 16.4 Å². The molecule has 0 radical (unpaired) electrons. The second-order valence-electron chi connectivity index (χ2n) is 8.51. The molecule has 1 amide bonds. The van der Waals surface area contributed by atoms with Gasteiger partial charge in [0.05, 0.1) is 0 Å². The first-order valence-electron chi connectivity index (χ1n) is 11.4. The summed E-state index contributed by atoms with van der Waals surface area (Å²) in [6.07, 6.45) is 15.8. The van der Waals surface area contributed by atoms with Crippen LogP contribution in [0.2, 0.25) is 0 Å². The van der Waals surface area contributed by atoms with Gasteiger partial charge in [0.2, 0.25) is 5.91 Å². The van der Waals surface area contributed by atoms with E-state index in [0.29, 0.717) is 31.4 Å². The smallest absolute Gasteiger partial charge is 0.245 e. The Balaban J connectivity index is 0.000000658. The molecule has 0 fully saturated rings. The number of aliphatic hydroxyl groups is 1. The lowest BCUT2D eigenvalue weighted by Crippen LogP contribution is -2.31. The fourth-order valence-electron chi connectivity index (χ4n) is 3.59. The lowest BCUT2D eigenvalue weighted by Gasteiger charge is -2.09. The Morgan fingerprint density at radius 1 is 1.28 bits per heavy atom. The number of nitrogens with one attached hydrogen (secondary N) is 2. The standard InChI is InChI=1S/C22H26N6O2S.C2H6O2S/c1-14-12-26-21-20(25-9-8-24-19(30)13-29)27-17-11-18(31-22(17)28(14)21)16-5-3-2-4-15(10-16)6-7-23;1-5(2,3)4/h2-5,10-12,15,29H,6-9,13,23H2,1H3,(H,24,30)(H,25,27);1-2H3. The van der Waals surface area contributed by atoms with E-state index in [1.54, 1.807) is 11.3 Å². The number of aryl methyl sites for hydroxylation is 1. The summed E-state index contributed by atoms with van der Waals surface area (Å²) in [5.74, 6) is 0.576. The van der Waals surface area contributed by atoms with Gasteiger partial charge in [0.25, 0.3) is 0 Å². The maximum absolute atomic E-state index is 11.2. The highest BCUT2D eigenvalue weighted by molar-refractivity contribution is 7.89. The van der Waals surface area contributed by atoms with E-state index in [1.807, 2.05) is 13.1 Å². The number of allylic oxidation sites excluding steroid dienone is 6. The van der Waals surface area contributed by atoms with E-state index in [2.05, 4.69) is 56.5 Å². The summed E-state index contributed by atoms with van der Waals surface area (Å²) >= 11 is 1.69. The van der Waals surface area contributed by atoms with Gasteiger partial charge in [0, 0.05) is 42.4 Å². The van der Waals surface area contributed by atoms with Crippen molar-refractivity contribution in [2.24, 2.45) is 11.7 Å². The zero-order valence-electron chi connectivity index (χ0n) is 20.6. The first-order valence-corrected chi connectivity index (χ1v) is 14.5. The van der Waals surface area contributed by atoms with Crippen molar-refractivity contribution in [2.45, 2.75) is 13.3 Å². The van der Waals surface area contributed by atoms with Crippen molar-refractivity contribution in [1.82, 2.24) is 19.7 Å². The van der Waals surface area contributed by atoms with Crippen LogP contribution in [-0.4, -0.2) is 72.6 Å². The minimum absolute atomic E-state index is 0.314. The molecule has 0 saturated carbocycles. The Morgan fingerprint density at radius 2 is 2.03 bits per heavy atom. The average Bonchev–Trinajstić information content (AvgIpc) is 3.32. The van der Waals surface area contributed by atoms with Crippen molar-refractivity contribution >= 4 is 54.5 Å². The summed E-state index contributed by atoms with van der Waals surface area (Å²) in [7, 11) is -2.67. The number of rotatable bonds is 8. The molecular weight excluding hydrogens is 500 g/mol. The lowest BCUT2D eigenvalue weighted by molar-refractivity contribution is -0.123. The largest absolute Gasteiger partial charge is 0.387 e. The number of carbonyl (C=O) groups is 1. The second kappa shape index (κ2) is 12.3. The van der Waals surface area contributed by atoms with E-state index < -0.39 is 22.4 Å². The quantitative estimate of drug-likeness (QED) is 0.321. The van der Waals surface area contributed by atoms with Crippen LogP contribution in [-0.2, 0) is 14.6 Å². The Bertz CT molecular complexity index is 1410. The Hall–Kier alpha value is -3.06. The number of aromatic nitrogens is 3. The highest BCUT2D eigenvalue weighted by Gasteiger charge is 2.16. The van der Waals surface area contributed by atoms with E-state index in [4.69, 9.17) is 15.8 Å². The van der Waals surface area contributed by atoms with Crippen LogP contribution in [0, 0.1) is 12.8 Å². The number of nitrogens with two attached hydrogens (primary N) is 1. The van der Waals surface area contributed by atoms with E-state index in [0.717, 1.165) is 45.5 Å². The van der Waals surface area contributed by atoms with Gasteiger partial charge >= 0.3 is 0 Å². The van der Waals surface area contributed by atoms with Gasteiger partial charge in [-0.2, -0.15) is 0 Å². The van der Waals surface area contributed by atoms with Crippen molar-refractivity contribution in [3.05, 3.63) is 53.2 Å². The van der Waals surface area contributed by atoms with Gasteiger partial charge < -0.3 is 21.5 Å². The highest BCUT2D eigenvalue weighted by Crippen LogP contribution is 2.34. The molecule has 5 N–H and O–H groups in total. The van der Waals surface area contributed by atoms with Crippen molar-refractivity contribution in [3.8, 4) is 0 Å². The monoisotopic (exact) mass is 532 g/mol. The van der Waals surface area contributed by atoms with Gasteiger partial charge in [-0.1, -0.05) is 30.4 Å². The highest BCUT2D eigenvalue weighted by atomic mass is 32.2. The Morgan fingerprint density at radius 3 is 2.72 bits per heavy atom. The molecule has 4 rings (SSSR count).